The number of aromatic carboxylic acids is 1. The van der Waals surface area contributed by atoms with Crippen LogP contribution >= 0.6 is 0 Å². The number of fused-ring (bicyclic) bond motifs is 1. The smallest absolute Gasteiger partial charge is 0.339 e. The van der Waals surface area contributed by atoms with Crippen molar-refractivity contribution in [1.82, 2.24) is 0 Å². The zero-order valence-electron chi connectivity index (χ0n) is 11.0. The molecule has 1 aliphatic heterocycles. The van der Waals surface area contributed by atoms with E-state index in [4.69, 9.17) is 9.47 Å². The number of benzene rings is 2. The van der Waals surface area contributed by atoms with Gasteiger partial charge in [0.2, 0.25) is 0 Å². The molecule has 0 bridgehead atoms. The van der Waals surface area contributed by atoms with Crippen LogP contribution in [0.15, 0.2) is 36.4 Å². The van der Waals surface area contributed by atoms with Gasteiger partial charge in [-0.25, -0.2) is 4.79 Å². The lowest BCUT2D eigenvalue weighted by Gasteiger charge is -2.24. The molecule has 104 valence electrons. The van der Waals surface area contributed by atoms with E-state index in [-0.39, 0.29) is 11.7 Å². The molecule has 3 rings (SSSR count). The van der Waals surface area contributed by atoms with Crippen LogP contribution in [0.2, 0.25) is 0 Å². The quantitative estimate of drug-likeness (QED) is 0.932. The lowest BCUT2D eigenvalue weighted by atomic mass is 10.0. The number of hydrogen-bond donors (Lipinski definition) is 1. The van der Waals surface area contributed by atoms with Crippen molar-refractivity contribution >= 4 is 16.7 Å². The molecular weight excluding hydrogens is 256 g/mol. The summed E-state index contributed by atoms with van der Waals surface area (Å²) in [4.78, 5) is 11.4. The Labute approximate surface area is 116 Å². The number of rotatable bonds is 3. The highest BCUT2D eigenvalue weighted by molar-refractivity contribution is 6.00. The second-order valence-electron chi connectivity index (χ2n) is 4.93. The van der Waals surface area contributed by atoms with Gasteiger partial charge in [-0.15, -0.1) is 0 Å². The van der Waals surface area contributed by atoms with E-state index in [1.54, 1.807) is 6.07 Å². The fourth-order valence-corrected chi connectivity index (χ4v) is 2.51. The molecule has 0 spiro atoms. The van der Waals surface area contributed by atoms with Crippen LogP contribution in [-0.4, -0.2) is 30.4 Å². The summed E-state index contributed by atoms with van der Waals surface area (Å²) in [6.45, 7) is 1.27. The molecule has 1 aliphatic rings. The van der Waals surface area contributed by atoms with Crippen LogP contribution in [0.5, 0.6) is 5.75 Å². The average Bonchev–Trinajstić information content (AvgIpc) is 2.48. The highest BCUT2D eigenvalue weighted by atomic mass is 16.5. The molecule has 0 radical (unpaired) electrons. The molecule has 1 heterocycles. The zero-order chi connectivity index (χ0) is 13.9. The molecule has 1 unspecified atom stereocenters. The Hall–Kier alpha value is -2.07. The van der Waals surface area contributed by atoms with E-state index >= 15 is 0 Å². The number of carboxylic acid groups (broad SMARTS) is 1. The number of carboxylic acids is 1. The summed E-state index contributed by atoms with van der Waals surface area (Å²) in [6, 6.07) is 11.1. The largest absolute Gasteiger partial charge is 0.486 e. The van der Waals surface area contributed by atoms with Crippen molar-refractivity contribution < 1.29 is 19.4 Å². The Morgan fingerprint density at radius 2 is 2.10 bits per heavy atom. The van der Waals surface area contributed by atoms with Gasteiger partial charge in [0.1, 0.15) is 17.4 Å². The first-order chi connectivity index (χ1) is 9.75. The van der Waals surface area contributed by atoms with E-state index in [0.29, 0.717) is 12.4 Å². The second kappa shape index (κ2) is 5.51. The van der Waals surface area contributed by atoms with E-state index in [1.165, 1.54) is 0 Å². The molecule has 0 amide bonds. The van der Waals surface area contributed by atoms with Gasteiger partial charge in [0.05, 0.1) is 6.61 Å². The van der Waals surface area contributed by atoms with Gasteiger partial charge < -0.3 is 14.6 Å². The third-order valence-corrected chi connectivity index (χ3v) is 3.51. The number of hydrogen-bond acceptors (Lipinski definition) is 3. The summed E-state index contributed by atoms with van der Waals surface area (Å²) >= 11 is 0. The topological polar surface area (TPSA) is 55.8 Å². The summed E-state index contributed by atoms with van der Waals surface area (Å²) < 4.78 is 11.3. The van der Waals surface area contributed by atoms with E-state index in [0.717, 1.165) is 30.2 Å². The van der Waals surface area contributed by atoms with Gasteiger partial charge >= 0.3 is 5.97 Å². The summed E-state index contributed by atoms with van der Waals surface area (Å²) in [5, 5.41) is 11.2. The van der Waals surface area contributed by atoms with Crippen LogP contribution in [-0.2, 0) is 4.74 Å². The molecule has 1 saturated heterocycles. The predicted molar refractivity (Wildman–Crippen MR) is 75.4 cm³/mol. The van der Waals surface area contributed by atoms with Crippen LogP contribution in [0.3, 0.4) is 0 Å². The lowest BCUT2D eigenvalue weighted by Crippen LogP contribution is -2.28. The van der Waals surface area contributed by atoms with Crippen LogP contribution in [0.25, 0.3) is 10.8 Å². The highest BCUT2D eigenvalue weighted by Gasteiger charge is 2.21. The van der Waals surface area contributed by atoms with Crippen molar-refractivity contribution in [3.8, 4) is 5.75 Å². The number of carbonyl (C=O) groups is 1. The second-order valence-corrected chi connectivity index (χ2v) is 4.93. The number of ether oxygens (including phenoxy) is 2. The minimum absolute atomic E-state index is 0.0762. The minimum atomic E-state index is -0.970. The van der Waals surface area contributed by atoms with Gasteiger partial charge in [-0.05, 0) is 24.3 Å². The van der Waals surface area contributed by atoms with Gasteiger partial charge in [-0.2, -0.15) is 0 Å². The fourth-order valence-electron chi connectivity index (χ4n) is 2.51. The standard InChI is InChI=1S/C16H16O4/c17-16(18)14-8-7-11-4-1-2-6-13(11)15(14)20-12-5-3-9-19-10-12/h1-2,4,6-8,12H,3,5,9-10H2,(H,17,18). The van der Waals surface area contributed by atoms with Crippen molar-refractivity contribution in [1.29, 1.82) is 0 Å². The van der Waals surface area contributed by atoms with Gasteiger partial charge in [0.25, 0.3) is 0 Å². The van der Waals surface area contributed by atoms with E-state index in [9.17, 15) is 9.90 Å². The van der Waals surface area contributed by atoms with Gasteiger partial charge in [-0.1, -0.05) is 30.3 Å². The molecule has 4 heteroatoms. The Balaban J connectivity index is 2.04. The SMILES string of the molecule is O=C(O)c1ccc2ccccc2c1OC1CCCOC1. The summed E-state index contributed by atoms with van der Waals surface area (Å²) in [5.74, 6) is -0.520. The maximum atomic E-state index is 11.4. The first-order valence-electron chi connectivity index (χ1n) is 6.75. The molecule has 2 aromatic rings. The molecule has 20 heavy (non-hydrogen) atoms. The first kappa shape index (κ1) is 12.9. The van der Waals surface area contributed by atoms with Crippen LogP contribution in [0.1, 0.15) is 23.2 Å². The summed E-state index contributed by atoms with van der Waals surface area (Å²) in [5.41, 5.74) is 0.203. The average molecular weight is 272 g/mol. The molecule has 2 aromatic carbocycles. The molecule has 0 aliphatic carbocycles. The molecule has 4 nitrogen and oxygen atoms in total. The Morgan fingerprint density at radius 3 is 2.85 bits per heavy atom. The minimum Gasteiger partial charge on any atom is -0.486 e. The van der Waals surface area contributed by atoms with Crippen molar-refractivity contribution in [2.75, 3.05) is 13.2 Å². The van der Waals surface area contributed by atoms with Crippen molar-refractivity contribution in [2.45, 2.75) is 18.9 Å². The van der Waals surface area contributed by atoms with Gasteiger partial charge in [0.15, 0.2) is 0 Å². The molecule has 1 atom stereocenters. The molecule has 1 N–H and O–H groups in total. The molecule has 0 saturated carbocycles. The molecular formula is C16H16O4. The summed E-state index contributed by atoms with van der Waals surface area (Å²) in [6.07, 6.45) is 1.76. The van der Waals surface area contributed by atoms with Crippen molar-refractivity contribution in [3.63, 3.8) is 0 Å². The predicted octanol–water partition coefficient (Wildman–Crippen LogP) is 3.10. The van der Waals surface area contributed by atoms with Gasteiger partial charge in [0, 0.05) is 12.0 Å². The maximum absolute atomic E-state index is 11.4. The van der Waals surface area contributed by atoms with Gasteiger partial charge in [-0.3, -0.25) is 0 Å². The van der Waals surface area contributed by atoms with E-state index in [1.807, 2.05) is 30.3 Å². The fraction of sp³-hybridized carbons (Fsp3) is 0.312. The van der Waals surface area contributed by atoms with Crippen molar-refractivity contribution in [3.05, 3.63) is 42.0 Å². The Morgan fingerprint density at radius 1 is 1.25 bits per heavy atom. The Kier molecular flexibility index (Phi) is 3.56. The normalized spacial score (nSPS) is 18.9. The lowest BCUT2D eigenvalue weighted by molar-refractivity contribution is 0.00746. The van der Waals surface area contributed by atoms with Crippen LogP contribution < -0.4 is 4.74 Å². The first-order valence-corrected chi connectivity index (χ1v) is 6.75. The third-order valence-electron chi connectivity index (χ3n) is 3.51. The van der Waals surface area contributed by atoms with Crippen LogP contribution in [0, 0.1) is 0 Å². The van der Waals surface area contributed by atoms with Crippen LogP contribution in [0.4, 0.5) is 0 Å². The molecule has 1 fully saturated rings. The monoisotopic (exact) mass is 272 g/mol. The highest BCUT2D eigenvalue weighted by Crippen LogP contribution is 2.31. The van der Waals surface area contributed by atoms with E-state index in [2.05, 4.69) is 0 Å². The summed E-state index contributed by atoms with van der Waals surface area (Å²) in [7, 11) is 0. The van der Waals surface area contributed by atoms with E-state index < -0.39 is 5.97 Å². The zero-order valence-corrected chi connectivity index (χ0v) is 11.0. The maximum Gasteiger partial charge on any atom is 0.339 e. The molecule has 0 aromatic heterocycles. The Bertz CT molecular complexity index is 629. The van der Waals surface area contributed by atoms with Crippen molar-refractivity contribution in [2.24, 2.45) is 0 Å². The third kappa shape index (κ3) is 2.47.